The zero-order chi connectivity index (χ0) is 12.8. The Hall–Kier alpha value is -1.65. The molecule has 0 unspecified atom stereocenters. The highest BCUT2D eigenvalue weighted by Crippen LogP contribution is 2.09. The van der Waals surface area contributed by atoms with Crippen LogP contribution < -0.4 is 5.43 Å². The molecule has 2 rings (SSSR count). The number of hydrogen-bond donors (Lipinski definition) is 1. The van der Waals surface area contributed by atoms with Gasteiger partial charge in [-0.1, -0.05) is 29.8 Å². The van der Waals surface area contributed by atoms with Crippen molar-refractivity contribution in [3.05, 3.63) is 57.2 Å². The molecule has 0 fully saturated rings. The molecular weight excluding hydrogens is 268 g/mol. The summed E-state index contributed by atoms with van der Waals surface area (Å²) >= 11 is 7.39. The summed E-state index contributed by atoms with van der Waals surface area (Å²) in [5.74, 6) is -0.129. The molecule has 0 spiro atoms. The van der Waals surface area contributed by atoms with Gasteiger partial charge in [-0.2, -0.15) is 5.10 Å². The number of thiophene rings is 1. The van der Waals surface area contributed by atoms with E-state index in [1.807, 2.05) is 29.6 Å². The second kappa shape index (κ2) is 6.33. The normalized spacial score (nSPS) is 10.7. The van der Waals surface area contributed by atoms with Crippen LogP contribution in [0.1, 0.15) is 10.4 Å². The maximum absolute atomic E-state index is 11.5. The lowest BCUT2D eigenvalue weighted by Gasteiger charge is -1.97. The Labute approximate surface area is 114 Å². The summed E-state index contributed by atoms with van der Waals surface area (Å²) in [5.41, 5.74) is 3.33. The van der Waals surface area contributed by atoms with Crippen molar-refractivity contribution in [3.8, 4) is 0 Å². The van der Waals surface area contributed by atoms with Crippen molar-refractivity contribution < 1.29 is 4.79 Å². The van der Waals surface area contributed by atoms with Crippen LogP contribution in [0.5, 0.6) is 0 Å². The van der Waals surface area contributed by atoms with E-state index in [0.717, 1.165) is 10.4 Å². The van der Waals surface area contributed by atoms with E-state index in [-0.39, 0.29) is 5.91 Å². The summed E-state index contributed by atoms with van der Waals surface area (Å²) in [7, 11) is 0. The lowest BCUT2D eigenvalue weighted by Crippen LogP contribution is -2.19. The minimum absolute atomic E-state index is 0.129. The first-order chi connectivity index (χ1) is 8.74. The molecule has 0 bridgehead atoms. The zero-order valence-corrected chi connectivity index (χ0v) is 11.0. The van der Waals surface area contributed by atoms with Crippen LogP contribution in [0.4, 0.5) is 0 Å². The average Bonchev–Trinajstić information content (AvgIpc) is 2.82. The first kappa shape index (κ1) is 12.8. The molecule has 0 saturated heterocycles. The van der Waals surface area contributed by atoms with E-state index in [9.17, 15) is 4.79 Å². The number of hydrogen-bond acceptors (Lipinski definition) is 3. The largest absolute Gasteiger partial charge is 0.273 e. The first-order valence-electron chi connectivity index (χ1n) is 5.34. The molecule has 1 N–H and O–H groups in total. The van der Waals surface area contributed by atoms with Crippen molar-refractivity contribution in [1.29, 1.82) is 0 Å². The third-order valence-corrected chi connectivity index (χ3v) is 3.28. The van der Waals surface area contributed by atoms with Crippen LogP contribution >= 0.6 is 22.9 Å². The van der Waals surface area contributed by atoms with Gasteiger partial charge in [0.05, 0.1) is 12.6 Å². The van der Waals surface area contributed by atoms with Gasteiger partial charge in [0.15, 0.2) is 0 Å². The third-order valence-electron chi connectivity index (χ3n) is 2.17. The van der Waals surface area contributed by atoms with Gasteiger partial charge in [0.25, 0.3) is 0 Å². The van der Waals surface area contributed by atoms with Crippen molar-refractivity contribution in [1.82, 2.24) is 5.43 Å². The third kappa shape index (κ3) is 3.98. The Kier molecular flexibility index (Phi) is 4.50. The monoisotopic (exact) mass is 278 g/mol. The Morgan fingerprint density at radius 3 is 3.00 bits per heavy atom. The molecule has 1 heterocycles. The number of carbonyl (C=O) groups is 1. The SMILES string of the molecule is O=C(Cc1cccs1)N/N=C\c1cccc(Cl)c1. The fraction of sp³-hybridized carbons (Fsp3) is 0.0769. The van der Waals surface area contributed by atoms with Crippen molar-refractivity contribution in [3.63, 3.8) is 0 Å². The number of amides is 1. The minimum Gasteiger partial charge on any atom is -0.273 e. The lowest BCUT2D eigenvalue weighted by atomic mass is 10.2. The van der Waals surface area contributed by atoms with E-state index < -0.39 is 0 Å². The molecular formula is C13H11ClN2OS. The fourth-order valence-electron chi connectivity index (χ4n) is 1.38. The minimum atomic E-state index is -0.129. The lowest BCUT2D eigenvalue weighted by molar-refractivity contribution is -0.120. The van der Waals surface area contributed by atoms with Gasteiger partial charge in [-0.3, -0.25) is 4.79 Å². The predicted octanol–water partition coefficient (Wildman–Crippen LogP) is 3.09. The van der Waals surface area contributed by atoms with Crippen LogP contribution in [0.2, 0.25) is 5.02 Å². The molecule has 0 aliphatic heterocycles. The van der Waals surface area contributed by atoms with E-state index in [0.29, 0.717) is 11.4 Å². The molecule has 2 aromatic rings. The number of rotatable bonds is 4. The molecule has 1 amide bonds. The second-order valence-electron chi connectivity index (χ2n) is 3.60. The molecule has 0 radical (unpaired) electrons. The van der Waals surface area contributed by atoms with Crippen molar-refractivity contribution in [2.75, 3.05) is 0 Å². The highest BCUT2D eigenvalue weighted by molar-refractivity contribution is 7.10. The summed E-state index contributed by atoms with van der Waals surface area (Å²) in [6, 6.07) is 11.1. The van der Waals surface area contributed by atoms with Gasteiger partial charge < -0.3 is 0 Å². The van der Waals surface area contributed by atoms with Crippen molar-refractivity contribution in [2.24, 2.45) is 5.10 Å². The van der Waals surface area contributed by atoms with Gasteiger partial charge in [0.2, 0.25) is 5.91 Å². The van der Waals surface area contributed by atoms with Crippen molar-refractivity contribution in [2.45, 2.75) is 6.42 Å². The predicted molar refractivity (Wildman–Crippen MR) is 75.2 cm³/mol. The average molecular weight is 279 g/mol. The van der Waals surface area contributed by atoms with E-state index in [1.165, 1.54) is 0 Å². The molecule has 1 aromatic carbocycles. The van der Waals surface area contributed by atoms with Crippen LogP contribution in [-0.4, -0.2) is 12.1 Å². The number of carbonyl (C=O) groups excluding carboxylic acids is 1. The number of nitrogens with zero attached hydrogens (tertiary/aromatic N) is 1. The highest BCUT2D eigenvalue weighted by Gasteiger charge is 2.01. The van der Waals surface area contributed by atoms with Crippen LogP contribution in [0.3, 0.4) is 0 Å². The Balaban J connectivity index is 1.86. The summed E-state index contributed by atoms with van der Waals surface area (Å²) in [4.78, 5) is 12.5. The molecule has 5 heteroatoms. The molecule has 0 aliphatic carbocycles. The fourth-order valence-corrected chi connectivity index (χ4v) is 2.28. The summed E-state index contributed by atoms with van der Waals surface area (Å²) in [6.45, 7) is 0. The smallest absolute Gasteiger partial charge is 0.245 e. The molecule has 92 valence electrons. The zero-order valence-electron chi connectivity index (χ0n) is 9.47. The van der Waals surface area contributed by atoms with Crippen LogP contribution in [0.15, 0.2) is 46.9 Å². The molecule has 18 heavy (non-hydrogen) atoms. The van der Waals surface area contributed by atoms with Gasteiger partial charge in [0.1, 0.15) is 0 Å². The molecule has 0 saturated carbocycles. The van der Waals surface area contributed by atoms with Crippen LogP contribution in [0, 0.1) is 0 Å². The number of halogens is 1. The van der Waals surface area contributed by atoms with Crippen molar-refractivity contribution >= 4 is 35.1 Å². The quantitative estimate of drug-likeness (QED) is 0.678. The molecule has 3 nitrogen and oxygen atoms in total. The second-order valence-corrected chi connectivity index (χ2v) is 5.07. The van der Waals surface area contributed by atoms with Gasteiger partial charge in [0, 0.05) is 9.90 Å². The summed E-state index contributed by atoms with van der Waals surface area (Å²) < 4.78 is 0. The molecule has 0 aliphatic rings. The maximum Gasteiger partial charge on any atom is 0.245 e. The Bertz CT molecular complexity index is 552. The highest BCUT2D eigenvalue weighted by atomic mass is 35.5. The van der Waals surface area contributed by atoms with Gasteiger partial charge >= 0.3 is 0 Å². The standard InChI is InChI=1S/C13H11ClN2OS/c14-11-4-1-3-10(7-11)9-15-16-13(17)8-12-5-2-6-18-12/h1-7,9H,8H2,(H,16,17)/b15-9-. The Morgan fingerprint density at radius 2 is 2.28 bits per heavy atom. The van der Waals surface area contributed by atoms with Gasteiger partial charge in [-0.25, -0.2) is 5.43 Å². The first-order valence-corrected chi connectivity index (χ1v) is 6.59. The van der Waals surface area contributed by atoms with Crippen LogP contribution in [-0.2, 0) is 11.2 Å². The van der Waals surface area contributed by atoms with E-state index >= 15 is 0 Å². The van der Waals surface area contributed by atoms with Gasteiger partial charge in [-0.05, 0) is 29.1 Å². The molecule has 1 aromatic heterocycles. The molecule has 0 atom stereocenters. The van der Waals surface area contributed by atoms with E-state index in [2.05, 4.69) is 10.5 Å². The number of benzene rings is 1. The summed E-state index contributed by atoms with van der Waals surface area (Å²) in [5, 5.41) is 6.47. The number of hydrazone groups is 1. The van der Waals surface area contributed by atoms with Crippen LogP contribution in [0.25, 0.3) is 0 Å². The van der Waals surface area contributed by atoms with E-state index in [1.54, 1.807) is 29.7 Å². The van der Waals surface area contributed by atoms with Gasteiger partial charge in [-0.15, -0.1) is 11.3 Å². The summed E-state index contributed by atoms with van der Waals surface area (Å²) in [6.07, 6.45) is 1.92. The number of nitrogens with one attached hydrogen (secondary N) is 1. The maximum atomic E-state index is 11.5. The van der Waals surface area contributed by atoms with E-state index in [4.69, 9.17) is 11.6 Å². The topological polar surface area (TPSA) is 41.5 Å². The Morgan fingerprint density at radius 1 is 1.39 bits per heavy atom.